The Morgan fingerprint density at radius 2 is 1.67 bits per heavy atom. The molecule has 0 saturated heterocycles. The van der Waals surface area contributed by atoms with Gasteiger partial charge in [-0.25, -0.2) is 5.43 Å². The largest absolute Gasteiger partial charge is 0.493 e. The average Bonchev–Trinajstić information content (AvgIpc) is 2.93. The minimum absolute atomic E-state index is 0.221. The van der Waals surface area contributed by atoms with Crippen molar-refractivity contribution < 1.29 is 23.9 Å². The Balaban J connectivity index is 1.48. The lowest BCUT2D eigenvalue weighted by Gasteiger charge is -2.12. The van der Waals surface area contributed by atoms with Crippen LogP contribution < -0.4 is 25.5 Å². The average molecular weight is 571 g/mol. The number of hydrazone groups is 1. The van der Waals surface area contributed by atoms with Gasteiger partial charge in [0.25, 0.3) is 5.91 Å². The van der Waals surface area contributed by atoms with Gasteiger partial charge in [-0.2, -0.15) is 5.10 Å². The number of methoxy groups -OCH3 is 1. The normalized spacial score (nSPS) is 10.8. The zero-order valence-corrected chi connectivity index (χ0v) is 23.1. The van der Waals surface area contributed by atoms with E-state index in [-0.39, 0.29) is 13.2 Å². The first-order chi connectivity index (χ1) is 18.7. The molecule has 0 aliphatic carbocycles. The zero-order chi connectivity index (χ0) is 28.4. The van der Waals surface area contributed by atoms with Gasteiger partial charge < -0.3 is 20.1 Å². The van der Waals surface area contributed by atoms with E-state index in [9.17, 15) is 14.4 Å². The first-order valence-corrected chi connectivity index (χ1v) is 12.7. The van der Waals surface area contributed by atoms with E-state index >= 15 is 0 Å². The molecule has 3 rings (SSSR count). The third-order valence-electron chi connectivity index (χ3n) is 5.44. The predicted octanol–water partition coefficient (Wildman–Crippen LogP) is 4.91. The van der Waals surface area contributed by atoms with Crippen molar-refractivity contribution >= 4 is 52.8 Å². The maximum absolute atomic E-state index is 12.2. The van der Waals surface area contributed by atoms with Crippen LogP contribution in [-0.2, 0) is 20.9 Å². The molecule has 0 aliphatic heterocycles. The van der Waals surface area contributed by atoms with Crippen LogP contribution in [0.5, 0.6) is 11.5 Å². The molecule has 0 unspecified atom stereocenters. The van der Waals surface area contributed by atoms with E-state index in [1.54, 1.807) is 30.3 Å². The summed E-state index contributed by atoms with van der Waals surface area (Å²) < 4.78 is 10.9. The van der Waals surface area contributed by atoms with Crippen molar-refractivity contribution in [1.82, 2.24) is 10.7 Å². The SMILES string of the molecule is COc1cc(/C=N\NC(=O)C(=O)NCc2ccc(C(C)C)cc2)ccc1OCC(=O)Nc1ccc(Cl)c(Cl)c1. The molecule has 0 radical (unpaired) electrons. The minimum Gasteiger partial charge on any atom is -0.493 e. The number of amides is 3. The molecule has 0 fully saturated rings. The Bertz CT molecular complexity index is 1360. The van der Waals surface area contributed by atoms with Crippen LogP contribution in [0.1, 0.15) is 36.5 Å². The van der Waals surface area contributed by atoms with Crippen molar-refractivity contribution in [3.63, 3.8) is 0 Å². The molecule has 3 N–H and O–H groups in total. The molecule has 0 saturated carbocycles. The number of rotatable bonds is 10. The monoisotopic (exact) mass is 570 g/mol. The molecule has 11 heteroatoms. The lowest BCUT2D eigenvalue weighted by atomic mass is 10.0. The molecule has 0 heterocycles. The van der Waals surface area contributed by atoms with Gasteiger partial charge in [0.2, 0.25) is 0 Å². The number of carbonyl (C=O) groups is 3. The second-order valence-electron chi connectivity index (χ2n) is 8.65. The highest BCUT2D eigenvalue weighted by Crippen LogP contribution is 2.28. The van der Waals surface area contributed by atoms with Gasteiger partial charge >= 0.3 is 11.8 Å². The fourth-order valence-corrected chi connectivity index (χ4v) is 3.60. The first kappa shape index (κ1) is 29.5. The van der Waals surface area contributed by atoms with Gasteiger partial charge in [-0.15, -0.1) is 0 Å². The molecular formula is C28H28Cl2N4O5. The highest BCUT2D eigenvalue weighted by Gasteiger charge is 2.13. The molecule has 9 nitrogen and oxygen atoms in total. The maximum Gasteiger partial charge on any atom is 0.329 e. The third kappa shape index (κ3) is 9.01. The van der Waals surface area contributed by atoms with Crippen LogP contribution >= 0.6 is 23.2 Å². The summed E-state index contributed by atoms with van der Waals surface area (Å²) in [6.45, 7) is 4.14. The molecule has 0 atom stereocenters. The van der Waals surface area contributed by atoms with Crippen molar-refractivity contribution in [2.75, 3.05) is 19.0 Å². The van der Waals surface area contributed by atoms with E-state index in [0.717, 1.165) is 5.56 Å². The molecule has 0 aliphatic rings. The summed E-state index contributed by atoms with van der Waals surface area (Å²) >= 11 is 11.8. The van der Waals surface area contributed by atoms with E-state index in [4.69, 9.17) is 32.7 Å². The van der Waals surface area contributed by atoms with Crippen LogP contribution in [0.3, 0.4) is 0 Å². The lowest BCUT2D eigenvalue weighted by molar-refractivity contribution is -0.139. The van der Waals surface area contributed by atoms with Gasteiger partial charge in [-0.3, -0.25) is 14.4 Å². The van der Waals surface area contributed by atoms with E-state index in [2.05, 4.69) is 35.0 Å². The molecule has 0 spiro atoms. The van der Waals surface area contributed by atoms with Crippen molar-refractivity contribution in [3.8, 4) is 11.5 Å². The fourth-order valence-electron chi connectivity index (χ4n) is 3.30. The van der Waals surface area contributed by atoms with Gasteiger partial charge in [0.15, 0.2) is 18.1 Å². The number of nitrogens with one attached hydrogen (secondary N) is 3. The topological polar surface area (TPSA) is 118 Å². The van der Waals surface area contributed by atoms with Crippen molar-refractivity contribution in [2.45, 2.75) is 26.3 Å². The standard InChI is InChI=1S/C28H28Cl2N4O5/c1-17(2)20-7-4-18(5-8-20)14-31-27(36)28(37)34-32-15-19-6-11-24(25(12-19)38-3)39-16-26(35)33-21-9-10-22(29)23(30)13-21/h4-13,15,17H,14,16H2,1-3H3,(H,31,36)(H,33,35)(H,34,37)/b32-15-. The predicted molar refractivity (Wildman–Crippen MR) is 152 cm³/mol. The second kappa shape index (κ2) is 14.2. The van der Waals surface area contributed by atoms with Crippen molar-refractivity contribution in [1.29, 1.82) is 0 Å². The highest BCUT2D eigenvalue weighted by atomic mass is 35.5. The van der Waals surface area contributed by atoms with Crippen LogP contribution in [0.4, 0.5) is 5.69 Å². The van der Waals surface area contributed by atoms with Gasteiger partial charge in [0, 0.05) is 12.2 Å². The Hall–Kier alpha value is -4.08. The summed E-state index contributed by atoms with van der Waals surface area (Å²) in [5.41, 5.74) is 5.30. The molecule has 39 heavy (non-hydrogen) atoms. The number of hydrogen-bond donors (Lipinski definition) is 3. The number of anilines is 1. The number of ether oxygens (including phenoxy) is 2. The van der Waals surface area contributed by atoms with Crippen LogP contribution in [0.2, 0.25) is 10.0 Å². The summed E-state index contributed by atoms with van der Waals surface area (Å²) in [5, 5.41) is 9.74. The molecule has 204 valence electrons. The number of nitrogens with zero attached hydrogens (tertiary/aromatic N) is 1. The smallest absolute Gasteiger partial charge is 0.329 e. The first-order valence-electron chi connectivity index (χ1n) is 11.9. The van der Waals surface area contributed by atoms with Gasteiger partial charge in [-0.1, -0.05) is 61.3 Å². The Morgan fingerprint density at radius 1 is 0.923 bits per heavy atom. The Labute approximate surface area is 236 Å². The van der Waals surface area contributed by atoms with E-state index in [0.29, 0.717) is 38.7 Å². The van der Waals surface area contributed by atoms with Crippen LogP contribution in [0.15, 0.2) is 65.8 Å². The summed E-state index contributed by atoms with van der Waals surface area (Å²) in [4.78, 5) is 36.4. The molecule has 3 amide bonds. The quantitative estimate of drug-likeness (QED) is 0.182. The third-order valence-corrected chi connectivity index (χ3v) is 6.17. The molecular weight excluding hydrogens is 543 g/mol. The summed E-state index contributed by atoms with van der Waals surface area (Å²) in [6.07, 6.45) is 1.35. The second-order valence-corrected chi connectivity index (χ2v) is 9.47. The molecule has 0 aromatic heterocycles. The van der Waals surface area contributed by atoms with E-state index < -0.39 is 17.7 Å². The summed E-state index contributed by atoms with van der Waals surface area (Å²) in [6, 6.07) is 17.4. The maximum atomic E-state index is 12.2. The number of benzene rings is 3. The van der Waals surface area contributed by atoms with Crippen LogP contribution in [0.25, 0.3) is 0 Å². The van der Waals surface area contributed by atoms with Crippen molar-refractivity contribution in [2.24, 2.45) is 5.10 Å². The Morgan fingerprint density at radius 3 is 2.33 bits per heavy atom. The summed E-state index contributed by atoms with van der Waals surface area (Å²) in [5.74, 6) is -1.04. The molecule has 3 aromatic carbocycles. The minimum atomic E-state index is -0.898. The Kier molecular flexibility index (Phi) is 10.7. The molecule has 3 aromatic rings. The van der Waals surface area contributed by atoms with E-state index in [1.165, 1.54) is 25.0 Å². The zero-order valence-electron chi connectivity index (χ0n) is 21.6. The van der Waals surface area contributed by atoms with Crippen molar-refractivity contribution in [3.05, 3.63) is 87.4 Å². The molecule has 0 bridgehead atoms. The highest BCUT2D eigenvalue weighted by molar-refractivity contribution is 6.42. The number of hydrogen-bond acceptors (Lipinski definition) is 6. The number of carbonyl (C=O) groups excluding carboxylic acids is 3. The van der Waals surface area contributed by atoms with Gasteiger partial charge in [0.1, 0.15) is 0 Å². The van der Waals surface area contributed by atoms with E-state index in [1.807, 2.05) is 24.3 Å². The fraction of sp³-hybridized carbons (Fsp3) is 0.214. The van der Waals surface area contributed by atoms with Crippen LogP contribution in [0, 0.1) is 0 Å². The summed E-state index contributed by atoms with van der Waals surface area (Å²) in [7, 11) is 1.45. The van der Waals surface area contributed by atoms with Gasteiger partial charge in [-0.05, 0) is 59.0 Å². The van der Waals surface area contributed by atoms with Gasteiger partial charge in [0.05, 0.1) is 23.4 Å². The number of halogens is 2. The van der Waals surface area contributed by atoms with Crippen LogP contribution in [-0.4, -0.2) is 37.7 Å². The lowest BCUT2D eigenvalue weighted by Crippen LogP contribution is -2.37.